The number of halogens is 2. The number of aryl methyl sites for hydroxylation is 2. The van der Waals surface area contributed by atoms with Gasteiger partial charge in [0, 0.05) is 0 Å². The average molecular weight is 468 g/mol. The highest BCUT2D eigenvalue weighted by Crippen LogP contribution is 2.26. The third kappa shape index (κ3) is 2.82. The Balaban J connectivity index is 2.35. The minimum absolute atomic E-state index is 0.310. The summed E-state index contributed by atoms with van der Waals surface area (Å²) in [6.07, 6.45) is 1.73. The smallest absolute Gasteiger partial charge is 0.151 e. The highest BCUT2D eigenvalue weighted by atomic mass is 127. The lowest BCUT2D eigenvalue weighted by atomic mass is 10.2. The van der Waals surface area contributed by atoms with Gasteiger partial charge in [0.05, 0.1) is 13.4 Å². The van der Waals surface area contributed by atoms with Gasteiger partial charge in [0.15, 0.2) is 11.6 Å². The van der Waals surface area contributed by atoms with E-state index in [9.17, 15) is 5.11 Å². The third-order valence-electron chi connectivity index (χ3n) is 2.31. The molecule has 0 saturated carbocycles. The number of phenolic OH excluding ortho intramolecular Hbond substituents is 1. The molecule has 0 radical (unpaired) electrons. The molecule has 0 aliphatic heterocycles. The molecule has 2 rings (SSSR count). The van der Waals surface area contributed by atoms with Crippen molar-refractivity contribution in [1.82, 2.24) is 14.9 Å². The second-order valence-corrected chi connectivity index (χ2v) is 6.01. The van der Waals surface area contributed by atoms with Crippen LogP contribution in [0.5, 0.6) is 5.75 Å². The summed E-state index contributed by atoms with van der Waals surface area (Å²) in [5, 5.41) is 21.9. The molecular weight excluding hydrogens is 458 g/mol. The zero-order valence-corrected chi connectivity index (χ0v) is 14.0. The Bertz CT molecular complexity index is 579. The van der Waals surface area contributed by atoms with Gasteiger partial charge in [-0.05, 0) is 76.7 Å². The SMILES string of the molecule is Cc1nnc(C)n1/N=C/c1cc(I)c(O)c(I)c1. The summed E-state index contributed by atoms with van der Waals surface area (Å²) in [5.74, 6) is 1.80. The van der Waals surface area contributed by atoms with Crippen LogP contribution in [-0.4, -0.2) is 26.2 Å². The summed E-state index contributed by atoms with van der Waals surface area (Å²) in [5.41, 5.74) is 0.925. The van der Waals surface area contributed by atoms with Crippen molar-refractivity contribution in [2.75, 3.05) is 0 Å². The van der Waals surface area contributed by atoms with Gasteiger partial charge >= 0.3 is 0 Å². The molecule has 0 aliphatic rings. The maximum absolute atomic E-state index is 9.69. The van der Waals surface area contributed by atoms with Gasteiger partial charge in [-0.3, -0.25) is 0 Å². The molecule has 0 aliphatic carbocycles. The molecule has 0 fully saturated rings. The number of hydrogen-bond donors (Lipinski definition) is 1. The molecule has 94 valence electrons. The van der Waals surface area contributed by atoms with Crippen LogP contribution in [0.2, 0.25) is 0 Å². The van der Waals surface area contributed by atoms with Gasteiger partial charge in [0.25, 0.3) is 0 Å². The van der Waals surface area contributed by atoms with E-state index >= 15 is 0 Å². The second kappa shape index (κ2) is 5.51. The summed E-state index contributed by atoms with van der Waals surface area (Å²) in [6.45, 7) is 3.70. The molecule has 18 heavy (non-hydrogen) atoms. The summed E-state index contributed by atoms with van der Waals surface area (Å²) < 4.78 is 3.28. The predicted molar refractivity (Wildman–Crippen MR) is 86.0 cm³/mol. The van der Waals surface area contributed by atoms with Crippen LogP contribution in [0.15, 0.2) is 17.2 Å². The quantitative estimate of drug-likeness (QED) is 0.545. The monoisotopic (exact) mass is 468 g/mol. The molecule has 0 atom stereocenters. The molecule has 1 N–H and O–H groups in total. The van der Waals surface area contributed by atoms with Crippen LogP contribution < -0.4 is 0 Å². The summed E-state index contributed by atoms with van der Waals surface area (Å²) >= 11 is 4.19. The van der Waals surface area contributed by atoms with Crippen molar-refractivity contribution < 1.29 is 5.11 Å². The van der Waals surface area contributed by atoms with Crippen molar-refractivity contribution in [3.8, 4) is 5.75 Å². The van der Waals surface area contributed by atoms with Gasteiger partial charge in [0.1, 0.15) is 5.75 Å². The first kappa shape index (κ1) is 13.7. The molecule has 1 heterocycles. The van der Waals surface area contributed by atoms with Crippen molar-refractivity contribution in [3.05, 3.63) is 36.5 Å². The number of phenols is 1. The van der Waals surface area contributed by atoms with Crippen molar-refractivity contribution in [2.45, 2.75) is 13.8 Å². The van der Waals surface area contributed by atoms with Gasteiger partial charge in [-0.1, -0.05) is 0 Å². The third-order valence-corrected chi connectivity index (χ3v) is 3.96. The molecule has 0 bridgehead atoms. The van der Waals surface area contributed by atoms with E-state index in [2.05, 4.69) is 60.5 Å². The average Bonchev–Trinajstić information content (AvgIpc) is 2.63. The second-order valence-electron chi connectivity index (χ2n) is 3.68. The van der Waals surface area contributed by atoms with Crippen LogP contribution in [-0.2, 0) is 0 Å². The van der Waals surface area contributed by atoms with Gasteiger partial charge in [-0.2, -0.15) is 5.10 Å². The van der Waals surface area contributed by atoms with Crippen LogP contribution >= 0.6 is 45.2 Å². The maximum atomic E-state index is 9.69. The number of hydrogen-bond acceptors (Lipinski definition) is 4. The highest BCUT2D eigenvalue weighted by molar-refractivity contribution is 14.1. The van der Waals surface area contributed by atoms with E-state index < -0.39 is 0 Å². The Kier molecular flexibility index (Phi) is 4.20. The van der Waals surface area contributed by atoms with Crippen molar-refractivity contribution >= 4 is 51.4 Å². The number of nitrogens with zero attached hydrogens (tertiary/aromatic N) is 4. The molecule has 5 nitrogen and oxygen atoms in total. The summed E-state index contributed by atoms with van der Waals surface area (Å²) in [7, 11) is 0. The molecule has 7 heteroatoms. The molecule has 0 unspecified atom stereocenters. The minimum Gasteiger partial charge on any atom is -0.506 e. The molecule has 1 aromatic carbocycles. The van der Waals surface area contributed by atoms with Gasteiger partial charge < -0.3 is 5.11 Å². The van der Waals surface area contributed by atoms with E-state index in [0.717, 1.165) is 24.4 Å². The normalized spacial score (nSPS) is 11.3. The Labute approximate surface area is 132 Å². The van der Waals surface area contributed by atoms with Gasteiger partial charge in [-0.25, -0.2) is 4.68 Å². The van der Waals surface area contributed by atoms with Crippen LogP contribution in [0.3, 0.4) is 0 Å². The molecule has 2 aromatic rings. The van der Waals surface area contributed by atoms with E-state index in [1.54, 1.807) is 10.9 Å². The van der Waals surface area contributed by atoms with E-state index in [1.165, 1.54) is 0 Å². The number of aromatic hydroxyl groups is 1. The standard InChI is InChI=1S/C11H10I2N4O/c1-6-15-16-7(2)17(6)14-5-8-3-9(12)11(18)10(13)4-8/h3-5,18H,1-2H3/b14-5+. The first-order valence-corrected chi connectivity index (χ1v) is 7.26. The molecule has 1 aromatic heterocycles. The van der Waals surface area contributed by atoms with Gasteiger partial charge in [0.2, 0.25) is 0 Å². The van der Waals surface area contributed by atoms with Gasteiger partial charge in [-0.15, -0.1) is 10.2 Å². The summed E-state index contributed by atoms with van der Waals surface area (Å²) in [6, 6.07) is 3.74. The lowest BCUT2D eigenvalue weighted by molar-refractivity contribution is 0.467. The summed E-state index contributed by atoms with van der Waals surface area (Å²) in [4.78, 5) is 0. The van der Waals surface area contributed by atoms with Crippen molar-refractivity contribution in [3.63, 3.8) is 0 Å². The number of benzene rings is 1. The molecule has 0 spiro atoms. The lowest BCUT2D eigenvalue weighted by Crippen LogP contribution is -1.97. The van der Waals surface area contributed by atoms with E-state index in [0.29, 0.717) is 5.75 Å². The Hall–Kier alpha value is -0.710. The van der Waals surface area contributed by atoms with E-state index in [1.807, 2.05) is 26.0 Å². The van der Waals surface area contributed by atoms with Crippen molar-refractivity contribution in [2.24, 2.45) is 5.10 Å². The fourth-order valence-corrected chi connectivity index (χ4v) is 3.23. The number of aromatic nitrogens is 3. The molecular formula is C11H10I2N4O. The minimum atomic E-state index is 0.310. The zero-order valence-electron chi connectivity index (χ0n) is 9.72. The van der Waals surface area contributed by atoms with E-state index in [4.69, 9.17) is 0 Å². The number of rotatable bonds is 2. The highest BCUT2D eigenvalue weighted by Gasteiger charge is 2.05. The van der Waals surface area contributed by atoms with Crippen LogP contribution in [0.1, 0.15) is 17.2 Å². The maximum Gasteiger partial charge on any atom is 0.151 e. The topological polar surface area (TPSA) is 63.3 Å². The lowest BCUT2D eigenvalue weighted by Gasteiger charge is -2.02. The Morgan fingerprint density at radius 1 is 1.17 bits per heavy atom. The predicted octanol–water partition coefficient (Wildman–Crippen LogP) is 2.69. The Morgan fingerprint density at radius 3 is 2.17 bits per heavy atom. The zero-order chi connectivity index (χ0) is 13.3. The largest absolute Gasteiger partial charge is 0.506 e. The molecule has 0 amide bonds. The fraction of sp³-hybridized carbons (Fsp3) is 0.182. The molecule has 0 saturated heterocycles. The first-order valence-electron chi connectivity index (χ1n) is 5.10. The van der Waals surface area contributed by atoms with Crippen LogP contribution in [0, 0.1) is 21.0 Å². The van der Waals surface area contributed by atoms with Crippen LogP contribution in [0.4, 0.5) is 0 Å². The fourth-order valence-electron chi connectivity index (χ4n) is 1.41. The first-order chi connectivity index (χ1) is 8.49. The van der Waals surface area contributed by atoms with E-state index in [-0.39, 0.29) is 0 Å². The Morgan fingerprint density at radius 2 is 1.67 bits per heavy atom. The van der Waals surface area contributed by atoms with Crippen LogP contribution in [0.25, 0.3) is 0 Å². The van der Waals surface area contributed by atoms with Crippen molar-refractivity contribution in [1.29, 1.82) is 0 Å².